The Bertz CT molecular complexity index is 646. The van der Waals surface area contributed by atoms with Crippen LogP contribution in [-0.4, -0.2) is 19.7 Å². The highest BCUT2D eigenvalue weighted by molar-refractivity contribution is 5.62. The molecule has 1 aromatic carbocycles. The van der Waals surface area contributed by atoms with E-state index in [-0.39, 0.29) is 0 Å². The number of nitrogens with zero attached hydrogens (tertiary/aromatic N) is 4. The molecule has 0 radical (unpaired) electrons. The van der Waals surface area contributed by atoms with E-state index in [0.29, 0.717) is 11.8 Å². The summed E-state index contributed by atoms with van der Waals surface area (Å²) in [4.78, 5) is 8.25. The van der Waals surface area contributed by atoms with Gasteiger partial charge in [-0.3, -0.25) is 0 Å². The maximum absolute atomic E-state index is 5.93. The molecule has 0 bridgehead atoms. The monoisotopic (exact) mass is 237 g/mol. The number of hydrogen-bond donors (Lipinski definition) is 1. The van der Waals surface area contributed by atoms with Crippen LogP contribution in [0.15, 0.2) is 54.9 Å². The summed E-state index contributed by atoms with van der Waals surface area (Å²) < 4.78 is 1.53. The Balaban J connectivity index is 2.07. The average Bonchev–Trinajstić information content (AvgIpc) is 2.83. The standard InChI is InChI=1S/C13H11N5/c14-12-9-11(10-5-2-1-3-6-10)17-18(12)13-15-7-4-8-16-13/h1-9H,14H2. The van der Waals surface area contributed by atoms with Crippen LogP contribution in [0.3, 0.4) is 0 Å². The van der Waals surface area contributed by atoms with Gasteiger partial charge in [-0.15, -0.1) is 0 Å². The zero-order chi connectivity index (χ0) is 12.4. The number of nitrogen functional groups attached to an aromatic ring is 1. The van der Waals surface area contributed by atoms with Crippen LogP contribution in [-0.2, 0) is 0 Å². The van der Waals surface area contributed by atoms with Gasteiger partial charge in [0.2, 0.25) is 0 Å². The Morgan fingerprint density at radius 2 is 1.67 bits per heavy atom. The highest BCUT2D eigenvalue weighted by Gasteiger charge is 2.09. The molecule has 0 aliphatic rings. The highest BCUT2D eigenvalue weighted by atomic mass is 15.4. The fourth-order valence-electron chi connectivity index (χ4n) is 1.71. The third-order valence-electron chi connectivity index (χ3n) is 2.55. The van der Waals surface area contributed by atoms with Gasteiger partial charge < -0.3 is 5.73 Å². The van der Waals surface area contributed by atoms with Crippen molar-refractivity contribution in [1.29, 1.82) is 0 Å². The molecule has 5 heteroatoms. The van der Waals surface area contributed by atoms with E-state index in [1.165, 1.54) is 4.68 Å². The minimum absolute atomic E-state index is 0.470. The van der Waals surface area contributed by atoms with E-state index >= 15 is 0 Å². The van der Waals surface area contributed by atoms with Crippen molar-refractivity contribution in [2.24, 2.45) is 0 Å². The van der Waals surface area contributed by atoms with Crippen LogP contribution in [0, 0.1) is 0 Å². The molecule has 0 aliphatic heterocycles. The Kier molecular flexibility index (Phi) is 2.49. The number of nitrogens with two attached hydrogens (primary N) is 1. The summed E-state index contributed by atoms with van der Waals surface area (Å²) in [6, 6.07) is 13.4. The molecule has 0 amide bonds. The van der Waals surface area contributed by atoms with Crippen molar-refractivity contribution >= 4 is 5.82 Å². The molecule has 0 fully saturated rings. The smallest absolute Gasteiger partial charge is 0.252 e. The van der Waals surface area contributed by atoms with E-state index in [1.54, 1.807) is 18.5 Å². The average molecular weight is 237 g/mol. The summed E-state index contributed by atoms with van der Waals surface area (Å²) in [5.41, 5.74) is 7.75. The van der Waals surface area contributed by atoms with Crippen molar-refractivity contribution in [2.45, 2.75) is 0 Å². The van der Waals surface area contributed by atoms with E-state index in [2.05, 4.69) is 15.1 Å². The second-order valence-electron chi connectivity index (χ2n) is 3.78. The fraction of sp³-hybridized carbons (Fsp3) is 0. The SMILES string of the molecule is Nc1cc(-c2ccccc2)nn1-c1ncccn1. The van der Waals surface area contributed by atoms with Gasteiger partial charge >= 0.3 is 0 Å². The molecule has 0 saturated heterocycles. The summed E-state index contributed by atoms with van der Waals surface area (Å²) in [6.07, 6.45) is 3.32. The molecular formula is C13H11N5. The first-order valence-corrected chi connectivity index (χ1v) is 5.53. The first-order chi connectivity index (χ1) is 8.84. The number of aromatic nitrogens is 4. The lowest BCUT2D eigenvalue weighted by atomic mass is 10.2. The van der Waals surface area contributed by atoms with Gasteiger partial charge in [-0.1, -0.05) is 30.3 Å². The molecule has 3 aromatic rings. The van der Waals surface area contributed by atoms with E-state index in [1.807, 2.05) is 36.4 Å². The number of benzene rings is 1. The molecule has 5 nitrogen and oxygen atoms in total. The van der Waals surface area contributed by atoms with Crippen LogP contribution in [0.2, 0.25) is 0 Å². The number of rotatable bonds is 2. The van der Waals surface area contributed by atoms with Crippen molar-refractivity contribution in [2.75, 3.05) is 5.73 Å². The molecule has 0 atom stereocenters. The van der Waals surface area contributed by atoms with Gasteiger partial charge in [-0.2, -0.15) is 9.78 Å². The maximum atomic E-state index is 5.93. The van der Waals surface area contributed by atoms with E-state index in [0.717, 1.165) is 11.3 Å². The molecule has 0 aliphatic carbocycles. The fourth-order valence-corrected chi connectivity index (χ4v) is 1.71. The molecule has 2 aromatic heterocycles. The van der Waals surface area contributed by atoms with Gasteiger partial charge in [-0.05, 0) is 6.07 Å². The second-order valence-corrected chi connectivity index (χ2v) is 3.78. The summed E-state index contributed by atoms with van der Waals surface area (Å²) in [7, 11) is 0. The summed E-state index contributed by atoms with van der Waals surface area (Å²) in [5.74, 6) is 0.984. The Hall–Kier alpha value is -2.69. The predicted molar refractivity (Wildman–Crippen MR) is 69.0 cm³/mol. The maximum Gasteiger partial charge on any atom is 0.252 e. The number of anilines is 1. The molecule has 3 rings (SSSR count). The predicted octanol–water partition coefficient (Wildman–Crippen LogP) is 1.91. The van der Waals surface area contributed by atoms with Crippen molar-refractivity contribution < 1.29 is 0 Å². The second kappa shape index (κ2) is 4.29. The lowest BCUT2D eigenvalue weighted by Gasteiger charge is -1.99. The highest BCUT2D eigenvalue weighted by Crippen LogP contribution is 2.21. The van der Waals surface area contributed by atoms with E-state index in [9.17, 15) is 0 Å². The van der Waals surface area contributed by atoms with Gasteiger partial charge in [0.05, 0.1) is 5.69 Å². The minimum atomic E-state index is 0.470. The van der Waals surface area contributed by atoms with E-state index in [4.69, 9.17) is 5.73 Å². The van der Waals surface area contributed by atoms with Crippen LogP contribution in [0.1, 0.15) is 0 Å². The number of hydrogen-bond acceptors (Lipinski definition) is 4. The third kappa shape index (κ3) is 1.82. The summed E-state index contributed by atoms with van der Waals surface area (Å²) in [6.45, 7) is 0. The molecule has 88 valence electrons. The van der Waals surface area contributed by atoms with E-state index < -0.39 is 0 Å². The third-order valence-corrected chi connectivity index (χ3v) is 2.55. The first-order valence-electron chi connectivity index (χ1n) is 5.53. The lowest BCUT2D eigenvalue weighted by Crippen LogP contribution is -2.05. The molecule has 2 N–H and O–H groups in total. The summed E-state index contributed by atoms with van der Waals surface area (Å²) in [5, 5.41) is 4.42. The normalized spacial score (nSPS) is 10.4. The quantitative estimate of drug-likeness (QED) is 0.739. The molecule has 0 spiro atoms. The van der Waals surface area contributed by atoms with Gasteiger partial charge in [-0.25, -0.2) is 9.97 Å². The Labute approximate surface area is 104 Å². The van der Waals surface area contributed by atoms with Gasteiger partial charge in [0, 0.05) is 24.0 Å². The minimum Gasteiger partial charge on any atom is -0.383 e. The molecular weight excluding hydrogens is 226 g/mol. The van der Waals surface area contributed by atoms with Crippen LogP contribution < -0.4 is 5.73 Å². The molecule has 2 heterocycles. The molecule has 0 unspecified atom stereocenters. The van der Waals surface area contributed by atoms with Crippen LogP contribution >= 0.6 is 0 Å². The van der Waals surface area contributed by atoms with Crippen molar-refractivity contribution in [1.82, 2.24) is 19.7 Å². The zero-order valence-corrected chi connectivity index (χ0v) is 9.56. The van der Waals surface area contributed by atoms with Crippen LogP contribution in [0.4, 0.5) is 5.82 Å². The topological polar surface area (TPSA) is 69.6 Å². The lowest BCUT2D eigenvalue weighted by molar-refractivity contribution is 0.820. The Morgan fingerprint density at radius 3 is 2.39 bits per heavy atom. The largest absolute Gasteiger partial charge is 0.383 e. The molecule has 0 saturated carbocycles. The van der Waals surface area contributed by atoms with Crippen molar-refractivity contribution in [3.63, 3.8) is 0 Å². The molecule has 18 heavy (non-hydrogen) atoms. The zero-order valence-electron chi connectivity index (χ0n) is 9.56. The van der Waals surface area contributed by atoms with Crippen LogP contribution in [0.25, 0.3) is 17.2 Å². The van der Waals surface area contributed by atoms with Crippen molar-refractivity contribution in [3.8, 4) is 17.2 Å². The Morgan fingerprint density at radius 1 is 0.944 bits per heavy atom. The van der Waals surface area contributed by atoms with Gasteiger partial charge in [0.15, 0.2) is 0 Å². The van der Waals surface area contributed by atoms with Gasteiger partial charge in [0.25, 0.3) is 5.95 Å². The van der Waals surface area contributed by atoms with Crippen molar-refractivity contribution in [3.05, 3.63) is 54.9 Å². The van der Waals surface area contributed by atoms with Gasteiger partial charge in [0.1, 0.15) is 5.82 Å². The van der Waals surface area contributed by atoms with Crippen LogP contribution in [0.5, 0.6) is 0 Å². The first kappa shape index (κ1) is 10.5. The summed E-state index contributed by atoms with van der Waals surface area (Å²) >= 11 is 0.